The first-order valence-electron chi connectivity index (χ1n) is 6.08. The summed E-state index contributed by atoms with van der Waals surface area (Å²) in [6.45, 7) is 1.62. The zero-order valence-corrected chi connectivity index (χ0v) is 11.5. The van der Waals surface area contributed by atoms with Gasteiger partial charge in [0.15, 0.2) is 0 Å². The van der Waals surface area contributed by atoms with Crippen LogP contribution in [0.5, 0.6) is 5.75 Å². The number of carbonyl (C=O) groups is 2. The summed E-state index contributed by atoms with van der Waals surface area (Å²) in [6.07, 6.45) is 0. The zero-order chi connectivity index (χ0) is 14.9. The Morgan fingerprint density at radius 2 is 1.95 bits per heavy atom. The van der Waals surface area contributed by atoms with Gasteiger partial charge in [0.1, 0.15) is 5.75 Å². The molecule has 0 spiro atoms. The SMILES string of the molecule is COc1ccc([C@@H]2NC(=O)N(C)C(C)=C2C(=O)O)cc1. The molecule has 0 aromatic heterocycles. The average molecular weight is 276 g/mol. The van der Waals surface area contributed by atoms with Gasteiger partial charge >= 0.3 is 12.0 Å². The topological polar surface area (TPSA) is 78.9 Å². The van der Waals surface area contributed by atoms with Crippen LogP contribution in [0.1, 0.15) is 18.5 Å². The number of hydrogen-bond donors (Lipinski definition) is 2. The molecule has 0 fully saturated rings. The van der Waals surface area contributed by atoms with E-state index in [0.29, 0.717) is 17.0 Å². The fraction of sp³-hybridized carbons (Fsp3) is 0.286. The molecule has 20 heavy (non-hydrogen) atoms. The summed E-state index contributed by atoms with van der Waals surface area (Å²) in [4.78, 5) is 24.6. The van der Waals surface area contributed by atoms with Crippen molar-refractivity contribution in [3.63, 3.8) is 0 Å². The number of aliphatic carboxylic acids is 1. The second kappa shape index (κ2) is 5.24. The van der Waals surface area contributed by atoms with Crippen LogP contribution in [-0.4, -0.2) is 36.2 Å². The molecular formula is C14H16N2O4. The molecule has 2 N–H and O–H groups in total. The van der Waals surface area contributed by atoms with Crippen LogP contribution in [0.2, 0.25) is 0 Å². The summed E-state index contributed by atoms with van der Waals surface area (Å²) in [7, 11) is 3.09. The minimum atomic E-state index is -1.05. The Bertz CT molecular complexity index is 577. The number of ether oxygens (including phenoxy) is 1. The van der Waals surface area contributed by atoms with Crippen LogP contribution in [0.15, 0.2) is 35.5 Å². The second-order valence-corrected chi connectivity index (χ2v) is 4.52. The maximum absolute atomic E-state index is 11.8. The number of hydrogen-bond acceptors (Lipinski definition) is 3. The summed E-state index contributed by atoms with van der Waals surface area (Å²) in [6, 6.07) is 5.95. The molecule has 0 radical (unpaired) electrons. The van der Waals surface area contributed by atoms with Crippen LogP contribution in [0.4, 0.5) is 4.79 Å². The summed E-state index contributed by atoms with van der Waals surface area (Å²) in [5.41, 5.74) is 1.29. The van der Waals surface area contributed by atoms with E-state index in [2.05, 4.69) is 5.32 Å². The van der Waals surface area contributed by atoms with Crippen molar-refractivity contribution in [3.05, 3.63) is 41.1 Å². The van der Waals surface area contributed by atoms with Gasteiger partial charge in [-0.3, -0.25) is 0 Å². The van der Waals surface area contributed by atoms with Crippen LogP contribution < -0.4 is 10.1 Å². The highest BCUT2D eigenvalue weighted by molar-refractivity contribution is 5.93. The molecule has 2 rings (SSSR count). The Labute approximate surface area is 116 Å². The van der Waals surface area contributed by atoms with Gasteiger partial charge in [0.2, 0.25) is 0 Å². The van der Waals surface area contributed by atoms with Crippen molar-refractivity contribution in [3.8, 4) is 5.75 Å². The lowest BCUT2D eigenvalue weighted by molar-refractivity contribution is -0.133. The first-order chi connectivity index (χ1) is 9.45. The van der Waals surface area contributed by atoms with Gasteiger partial charge in [0, 0.05) is 12.7 Å². The number of nitrogens with one attached hydrogen (secondary N) is 1. The number of carboxylic acids is 1. The van der Waals surface area contributed by atoms with Crippen LogP contribution in [-0.2, 0) is 4.79 Å². The van der Waals surface area contributed by atoms with Crippen molar-refractivity contribution in [1.82, 2.24) is 10.2 Å². The predicted molar refractivity (Wildman–Crippen MR) is 72.4 cm³/mol. The van der Waals surface area contributed by atoms with Gasteiger partial charge in [-0.2, -0.15) is 0 Å². The number of benzene rings is 1. The van der Waals surface area contributed by atoms with E-state index in [1.54, 1.807) is 38.3 Å². The quantitative estimate of drug-likeness (QED) is 0.881. The van der Waals surface area contributed by atoms with E-state index in [0.717, 1.165) is 0 Å². The van der Waals surface area contributed by atoms with Gasteiger partial charge in [0.25, 0.3) is 0 Å². The molecule has 0 saturated carbocycles. The average Bonchev–Trinajstić information content (AvgIpc) is 2.44. The maximum atomic E-state index is 11.8. The Kier molecular flexibility index (Phi) is 3.65. The van der Waals surface area contributed by atoms with E-state index >= 15 is 0 Å². The first-order valence-corrected chi connectivity index (χ1v) is 6.08. The number of rotatable bonds is 3. The van der Waals surface area contributed by atoms with Crippen molar-refractivity contribution in [2.24, 2.45) is 0 Å². The Hall–Kier alpha value is -2.50. The minimum Gasteiger partial charge on any atom is -0.497 e. The molecule has 1 aliphatic rings. The highest BCUT2D eigenvalue weighted by Crippen LogP contribution is 2.30. The largest absolute Gasteiger partial charge is 0.497 e. The van der Waals surface area contributed by atoms with Crippen molar-refractivity contribution in [1.29, 1.82) is 0 Å². The molecule has 1 atom stereocenters. The lowest BCUT2D eigenvalue weighted by Crippen LogP contribution is -2.45. The number of allylic oxidation sites excluding steroid dienone is 1. The summed E-state index contributed by atoms with van der Waals surface area (Å²) >= 11 is 0. The number of urea groups is 1. The van der Waals surface area contributed by atoms with E-state index < -0.39 is 12.0 Å². The second-order valence-electron chi connectivity index (χ2n) is 4.52. The van der Waals surface area contributed by atoms with E-state index in [1.165, 1.54) is 11.9 Å². The van der Waals surface area contributed by atoms with Gasteiger partial charge in [-0.1, -0.05) is 12.1 Å². The third-order valence-corrected chi connectivity index (χ3v) is 3.43. The number of carbonyl (C=O) groups excluding carboxylic acids is 1. The first kappa shape index (κ1) is 13.9. The molecular weight excluding hydrogens is 260 g/mol. The zero-order valence-electron chi connectivity index (χ0n) is 11.5. The molecule has 1 aliphatic heterocycles. The highest BCUT2D eigenvalue weighted by atomic mass is 16.5. The van der Waals surface area contributed by atoms with Gasteiger partial charge in [-0.15, -0.1) is 0 Å². The molecule has 0 saturated heterocycles. The fourth-order valence-corrected chi connectivity index (χ4v) is 2.16. The monoisotopic (exact) mass is 276 g/mol. The molecule has 1 aromatic rings. The van der Waals surface area contributed by atoms with Crippen molar-refractivity contribution >= 4 is 12.0 Å². The summed E-state index contributed by atoms with van der Waals surface area (Å²) in [5.74, 6) is -0.374. The summed E-state index contributed by atoms with van der Waals surface area (Å²) < 4.78 is 5.07. The number of nitrogens with zero attached hydrogens (tertiary/aromatic N) is 1. The fourth-order valence-electron chi connectivity index (χ4n) is 2.16. The van der Waals surface area contributed by atoms with Crippen molar-refractivity contribution < 1.29 is 19.4 Å². The smallest absolute Gasteiger partial charge is 0.335 e. The Balaban J connectivity index is 2.47. The van der Waals surface area contributed by atoms with E-state index in [9.17, 15) is 14.7 Å². The third kappa shape index (κ3) is 2.32. The molecule has 0 unspecified atom stereocenters. The van der Waals surface area contributed by atoms with E-state index in [1.807, 2.05) is 0 Å². The maximum Gasteiger partial charge on any atom is 0.335 e. The lowest BCUT2D eigenvalue weighted by Gasteiger charge is -2.32. The lowest BCUT2D eigenvalue weighted by atomic mass is 9.95. The Morgan fingerprint density at radius 3 is 2.45 bits per heavy atom. The molecule has 6 nitrogen and oxygen atoms in total. The third-order valence-electron chi connectivity index (χ3n) is 3.43. The van der Waals surface area contributed by atoms with Crippen LogP contribution in [0, 0.1) is 0 Å². The van der Waals surface area contributed by atoms with Gasteiger partial charge in [0.05, 0.1) is 18.7 Å². The van der Waals surface area contributed by atoms with Crippen molar-refractivity contribution in [2.45, 2.75) is 13.0 Å². The predicted octanol–water partition coefficient (Wildman–Crippen LogP) is 1.75. The molecule has 106 valence electrons. The van der Waals surface area contributed by atoms with Crippen LogP contribution >= 0.6 is 0 Å². The molecule has 1 aromatic carbocycles. The Morgan fingerprint density at radius 1 is 1.35 bits per heavy atom. The molecule has 2 amide bonds. The van der Waals surface area contributed by atoms with E-state index in [-0.39, 0.29) is 11.6 Å². The summed E-state index contributed by atoms with van der Waals surface area (Å²) in [5, 5.41) is 12.1. The molecule has 1 heterocycles. The highest BCUT2D eigenvalue weighted by Gasteiger charge is 2.33. The molecule has 6 heteroatoms. The number of carboxylic acid groups (broad SMARTS) is 1. The van der Waals surface area contributed by atoms with Gasteiger partial charge < -0.3 is 20.1 Å². The van der Waals surface area contributed by atoms with Crippen LogP contribution in [0.3, 0.4) is 0 Å². The minimum absolute atomic E-state index is 0.164. The standard InChI is InChI=1S/C14H16N2O4/c1-8-11(13(17)18)12(15-14(19)16(8)2)9-4-6-10(20-3)7-5-9/h4-7,12H,1-3H3,(H,15,19)(H,17,18)/t12-/m0/s1. The number of amides is 2. The van der Waals surface area contributed by atoms with Gasteiger partial charge in [-0.05, 0) is 24.6 Å². The molecule has 0 aliphatic carbocycles. The number of methoxy groups -OCH3 is 1. The van der Waals surface area contributed by atoms with E-state index in [4.69, 9.17) is 4.74 Å². The van der Waals surface area contributed by atoms with Crippen molar-refractivity contribution in [2.75, 3.05) is 14.2 Å². The van der Waals surface area contributed by atoms with Gasteiger partial charge in [-0.25, -0.2) is 9.59 Å². The van der Waals surface area contributed by atoms with Crippen LogP contribution in [0.25, 0.3) is 0 Å². The molecule has 0 bridgehead atoms. The normalized spacial score (nSPS) is 18.9.